The number of nitrogens with one attached hydrogen (secondary N) is 1. The molecule has 0 spiro atoms. The van der Waals surface area contributed by atoms with Crippen LogP contribution in [-0.2, 0) is 4.79 Å². The van der Waals surface area contributed by atoms with Gasteiger partial charge in [0.25, 0.3) is 0 Å². The third-order valence-electron chi connectivity index (χ3n) is 4.95. The molecule has 1 saturated carbocycles. The fourth-order valence-electron chi connectivity index (χ4n) is 3.17. The van der Waals surface area contributed by atoms with Crippen LogP contribution in [0.4, 0.5) is 0 Å². The van der Waals surface area contributed by atoms with Gasteiger partial charge in [0.15, 0.2) is 0 Å². The van der Waals surface area contributed by atoms with Gasteiger partial charge < -0.3 is 10.2 Å². The van der Waals surface area contributed by atoms with Crippen molar-refractivity contribution in [1.82, 2.24) is 10.2 Å². The Bertz CT molecular complexity index is 293. The lowest BCUT2D eigenvalue weighted by Gasteiger charge is -2.34. The molecule has 3 heteroatoms. The van der Waals surface area contributed by atoms with Crippen LogP contribution in [0.1, 0.15) is 65.2 Å². The van der Waals surface area contributed by atoms with E-state index in [2.05, 4.69) is 24.1 Å². The van der Waals surface area contributed by atoms with Crippen LogP contribution in [0, 0.1) is 11.8 Å². The van der Waals surface area contributed by atoms with Gasteiger partial charge >= 0.3 is 0 Å². The third kappa shape index (κ3) is 4.76. The van der Waals surface area contributed by atoms with Crippen LogP contribution >= 0.6 is 0 Å². The van der Waals surface area contributed by atoms with Gasteiger partial charge in [0.1, 0.15) is 0 Å². The molecule has 0 radical (unpaired) electrons. The fourth-order valence-corrected chi connectivity index (χ4v) is 3.17. The molecular weight excluding hydrogens is 248 g/mol. The number of piperidine rings is 1. The number of rotatable bonds is 8. The minimum atomic E-state index is 0.269. The average Bonchev–Trinajstić information content (AvgIpc) is 3.30. The highest BCUT2D eigenvalue weighted by molar-refractivity contribution is 5.78. The summed E-state index contributed by atoms with van der Waals surface area (Å²) in [6.07, 6.45) is 9.57. The smallest absolute Gasteiger partial charge is 0.225 e. The Morgan fingerprint density at radius 1 is 1.20 bits per heavy atom. The van der Waals surface area contributed by atoms with Crippen molar-refractivity contribution in [2.24, 2.45) is 11.8 Å². The monoisotopic (exact) mass is 280 g/mol. The lowest BCUT2D eigenvalue weighted by Crippen LogP contribution is -2.47. The summed E-state index contributed by atoms with van der Waals surface area (Å²) in [7, 11) is 0. The summed E-state index contributed by atoms with van der Waals surface area (Å²) in [5, 5.41) is 3.68. The maximum Gasteiger partial charge on any atom is 0.225 e. The summed E-state index contributed by atoms with van der Waals surface area (Å²) in [6, 6.07) is 0.648. The van der Waals surface area contributed by atoms with E-state index in [1.807, 2.05) is 0 Å². The first-order valence-corrected chi connectivity index (χ1v) is 8.76. The van der Waals surface area contributed by atoms with Gasteiger partial charge in [-0.05, 0) is 51.0 Å². The topological polar surface area (TPSA) is 32.3 Å². The van der Waals surface area contributed by atoms with Crippen molar-refractivity contribution in [2.75, 3.05) is 19.6 Å². The SMILES string of the molecule is CCCCC(CC)C(=O)N1CCC(NCC2CC2)CC1. The van der Waals surface area contributed by atoms with Crippen molar-refractivity contribution >= 4 is 5.91 Å². The van der Waals surface area contributed by atoms with Crippen molar-refractivity contribution in [2.45, 2.75) is 71.3 Å². The first-order chi connectivity index (χ1) is 9.74. The van der Waals surface area contributed by atoms with Crippen molar-refractivity contribution < 1.29 is 4.79 Å². The molecule has 0 aromatic heterocycles. The lowest BCUT2D eigenvalue weighted by atomic mass is 9.96. The maximum atomic E-state index is 12.5. The standard InChI is InChI=1S/C17H32N2O/c1-3-5-6-15(4-2)17(20)19-11-9-16(10-12-19)18-13-14-7-8-14/h14-16,18H,3-13H2,1-2H3. The number of carbonyl (C=O) groups excluding carboxylic acids is 1. The zero-order valence-electron chi connectivity index (χ0n) is 13.4. The Kier molecular flexibility index (Phi) is 6.34. The van der Waals surface area contributed by atoms with Crippen LogP contribution in [-0.4, -0.2) is 36.5 Å². The van der Waals surface area contributed by atoms with E-state index in [9.17, 15) is 4.79 Å². The second-order valence-corrected chi connectivity index (χ2v) is 6.70. The molecule has 3 nitrogen and oxygen atoms in total. The quantitative estimate of drug-likeness (QED) is 0.740. The molecule has 0 aromatic rings. The Morgan fingerprint density at radius 3 is 2.45 bits per heavy atom. The number of amides is 1. The van der Waals surface area contributed by atoms with Gasteiger partial charge in [0.2, 0.25) is 5.91 Å². The third-order valence-corrected chi connectivity index (χ3v) is 4.95. The number of carbonyl (C=O) groups is 1. The zero-order valence-corrected chi connectivity index (χ0v) is 13.4. The molecule has 116 valence electrons. The van der Waals surface area contributed by atoms with Crippen LogP contribution < -0.4 is 5.32 Å². The van der Waals surface area contributed by atoms with Crippen molar-refractivity contribution in [3.8, 4) is 0 Å². The molecule has 0 bridgehead atoms. The van der Waals surface area contributed by atoms with Crippen LogP contribution in [0.3, 0.4) is 0 Å². The van der Waals surface area contributed by atoms with Crippen LogP contribution in [0.5, 0.6) is 0 Å². The molecular formula is C17H32N2O. The Balaban J connectivity index is 1.69. The summed E-state index contributed by atoms with van der Waals surface area (Å²) in [6.45, 7) is 7.48. The average molecular weight is 280 g/mol. The largest absolute Gasteiger partial charge is 0.342 e. The molecule has 1 heterocycles. The number of likely N-dealkylation sites (tertiary alicyclic amines) is 1. The highest BCUT2D eigenvalue weighted by Gasteiger charge is 2.28. The first-order valence-electron chi connectivity index (χ1n) is 8.76. The Morgan fingerprint density at radius 2 is 1.90 bits per heavy atom. The number of nitrogens with zero attached hydrogens (tertiary/aromatic N) is 1. The van der Waals surface area contributed by atoms with Crippen molar-refractivity contribution in [3.63, 3.8) is 0 Å². The summed E-state index contributed by atoms with van der Waals surface area (Å²) < 4.78 is 0. The molecule has 1 amide bonds. The zero-order chi connectivity index (χ0) is 14.4. The molecule has 2 aliphatic rings. The minimum absolute atomic E-state index is 0.269. The summed E-state index contributed by atoms with van der Waals surface area (Å²) in [4.78, 5) is 14.6. The predicted octanol–water partition coefficient (Wildman–Crippen LogP) is 3.19. The number of hydrogen-bond donors (Lipinski definition) is 1. The van der Waals surface area contributed by atoms with Crippen LogP contribution in [0.2, 0.25) is 0 Å². The van der Waals surface area contributed by atoms with Gasteiger partial charge in [0.05, 0.1) is 0 Å². The summed E-state index contributed by atoms with van der Waals surface area (Å²) in [5.74, 6) is 1.64. The summed E-state index contributed by atoms with van der Waals surface area (Å²) >= 11 is 0. The number of hydrogen-bond acceptors (Lipinski definition) is 2. The highest BCUT2D eigenvalue weighted by atomic mass is 16.2. The van der Waals surface area contributed by atoms with E-state index in [1.165, 1.54) is 32.2 Å². The van der Waals surface area contributed by atoms with E-state index in [4.69, 9.17) is 0 Å². The molecule has 1 atom stereocenters. The second kappa shape index (κ2) is 8.02. The van der Waals surface area contributed by atoms with E-state index < -0.39 is 0 Å². The second-order valence-electron chi connectivity index (χ2n) is 6.70. The molecule has 20 heavy (non-hydrogen) atoms. The van der Waals surface area contributed by atoms with E-state index >= 15 is 0 Å². The molecule has 1 aliphatic heterocycles. The van der Waals surface area contributed by atoms with E-state index in [0.717, 1.165) is 44.7 Å². The highest BCUT2D eigenvalue weighted by Crippen LogP contribution is 2.28. The Labute approximate surface area is 124 Å². The molecule has 1 aliphatic carbocycles. The van der Waals surface area contributed by atoms with E-state index in [1.54, 1.807) is 0 Å². The molecule has 2 fully saturated rings. The minimum Gasteiger partial charge on any atom is -0.342 e. The van der Waals surface area contributed by atoms with Gasteiger partial charge in [0, 0.05) is 25.0 Å². The van der Waals surface area contributed by atoms with Gasteiger partial charge in [-0.25, -0.2) is 0 Å². The summed E-state index contributed by atoms with van der Waals surface area (Å²) in [5.41, 5.74) is 0. The molecule has 1 unspecified atom stereocenters. The maximum absolute atomic E-state index is 12.5. The fraction of sp³-hybridized carbons (Fsp3) is 0.941. The molecule has 2 rings (SSSR count). The normalized spacial score (nSPS) is 22.0. The molecule has 0 aromatic carbocycles. The number of unbranched alkanes of at least 4 members (excludes halogenated alkanes) is 1. The van der Waals surface area contributed by atoms with Crippen molar-refractivity contribution in [1.29, 1.82) is 0 Å². The van der Waals surface area contributed by atoms with Crippen molar-refractivity contribution in [3.05, 3.63) is 0 Å². The Hall–Kier alpha value is -0.570. The van der Waals surface area contributed by atoms with Gasteiger partial charge in [-0.2, -0.15) is 0 Å². The van der Waals surface area contributed by atoms with Gasteiger partial charge in [-0.3, -0.25) is 4.79 Å². The lowest BCUT2D eigenvalue weighted by molar-refractivity contribution is -0.137. The molecule has 1 N–H and O–H groups in total. The van der Waals surface area contributed by atoms with Gasteiger partial charge in [-0.1, -0.05) is 26.7 Å². The van der Waals surface area contributed by atoms with E-state index in [0.29, 0.717) is 11.9 Å². The first kappa shape index (κ1) is 15.8. The van der Waals surface area contributed by atoms with Crippen LogP contribution in [0.15, 0.2) is 0 Å². The predicted molar refractivity (Wildman–Crippen MR) is 83.6 cm³/mol. The van der Waals surface area contributed by atoms with E-state index in [-0.39, 0.29) is 5.92 Å². The van der Waals surface area contributed by atoms with Crippen LogP contribution in [0.25, 0.3) is 0 Å². The van der Waals surface area contributed by atoms with Gasteiger partial charge in [-0.15, -0.1) is 0 Å². The molecule has 1 saturated heterocycles.